The molecule has 0 spiro atoms. The third kappa shape index (κ3) is 5.93. The average Bonchev–Trinajstić information content (AvgIpc) is 2.65. The van der Waals surface area contributed by atoms with Gasteiger partial charge in [-0.3, -0.25) is 4.79 Å². The van der Waals surface area contributed by atoms with Gasteiger partial charge in [-0.05, 0) is 52.0 Å². The van der Waals surface area contributed by atoms with Crippen LogP contribution in [0.2, 0.25) is 0 Å². The molecule has 6 nitrogen and oxygen atoms in total. The zero-order valence-electron chi connectivity index (χ0n) is 15.9. The van der Waals surface area contributed by atoms with Crippen LogP contribution in [0.4, 0.5) is 0 Å². The van der Waals surface area contributed by atoms with Gasteiger partial charge in [-0.1, -0.05) is 13.3 Å². The molecule has 0 aromatic heterocycles. The van der Waals surface area contributed by atoms with Gasteiger partial charge in [0.2, 0.25) is 15.9 Å². The molecule has 0 aromatic carbocycles. The predicted molar refractivity (Wildman–Crippen MR) is 101 cm³/mol. The van der Waals surface area contributed by atoms with Crippen molar-refractivity contribution in [1.29, 1.82) is 0 Å². The molecule has 2 fully saturated rings. The number of piperidine rings is 2. The van der Waals surface area contributed by atoms with Crippen LogP contribution in [0.25, 0.3) is 0 Å². The number of carbonyl (C=O) groups excluding carboxylic acids is 1. The zero-order valence-corrected chi connectivity index (χ0v) is 16.7. The van der Waals surface area contributed by atoms with Crippen molar-refractivity contribution in [1.82, 2.24) is 14.5 Å². The summed E-state index contributed by atoms with van der Waals surface area (Å²) in [6.45, 7) is 7.85. The largest absolute Gasteiger partial charge is 0.356 e. The summed E-state index contributed by atoms with van der Waals surface area (Å²) in [7, 11) is -3.12. The van der Waals surface area contributed by atoms with Crippen molar-refractivity contribution in [2.75, 3.05) is 38.5 Å². The Morgan fingerprint density at radius 2 is 1.80 bits per heavy atom. The van der Waals surface area contributed by atoms with E-state index < -0.39 is 10.0 Å². The van der Waals surface area contributed by atoms with E-state index in [0.717, 1.165) is 19.5 Å². The van der Waals surface area contributed by atoms with Crippen molar-refractivity contribution < 1.29 is 13.2 Å². The highest BCUT2D eigenvalue weighted by atomic mass is 32.2. The Bertz CT molecular complexity index is 516. The van der Waals surface area contributed by atoms with Gasteiger partial charge in [0.15, 0.2) is 0 Å². The highest BCUT2D eigenvalue weighted by Crippen LogP contribution is 2.21. The molecule has 2 aliphatic rings. The number of sulfonamides is 1. The molecule has 0 unspecified atom stereocenters. The summed E-state index contributed by atoms with van der Waals surface area (Å²) in [6.07, 6.45) is 7.42. The van der Waals surface area contributed by atoms with Crippen LogP contribution < -0.4 is 5.32 Å². The number of rotatable bonds is 8. The molecule has 1 atom stereocenters. The quantitative estimate of drug-likeness (QED) is 0.659. The lowest BCUT2D eigenvalue weighted by Gasteiger charge is -2.35. The summed E-state index contributed by atoms with van der Waals surface area (Å²) in [5, 5.41) is 3.06. The van der Waals surface area contributed by atoms with Crippen LogP contribution in [-0.2, 0) is 14.8 Å². The number of amides is 1. The predicted octanol–water partition coefficient (Wildman–Crippen LogP) is 1.82. The summed E-state index contributed by atoms with van der Waals surface area (Å²) >= 11 is 0. The van der Waals surface area contributed by atoms with E-state index in [0.29, 0.717) is 32.0 Å². The fourth-order valence-corrected chi connectivity index (χ4v) is 5.17. The van der Waals surface area contributed by atoms with Gasteiger partial charge in [0.05, 0.1) is 5.75 Å². The first-order valence-corrected chi connectivity index (χ1v) is 11.6. The van der Waals surface area contributed by atoms with E-state index in [1.54, 1.807) is 6.92 Å². The molecule has 1 N–H and O–H groups in total. The topological polar surface area (TPSA) is 69.7 Å². The third-order valence-corrected chi connectivity index (χ3v) is 7.61. The molecule has 0 saturated carbocycles. The van der Waals surface area contributed by atoms with Crippen molar-refractivity contribution in [2.45, 2.75) is 64.8 Å². The Morgan fingerprint density at radius 1 is 1.08 bits per heavy atom. The first-order chi connectivity index (χ1) is 12.0. The van der Waals surface area contributed by atoms with Gasteiger partial charge in [-0.2, -0.15) is 0 Å². The van der Waals surface area contributed by atoms with E-state index in [1.807, 2.05) is 0 Å². The second-order valence-electron chi connectivity index (χ2n) is 7.31. The minimum atomic E-state index is -3.12. The molecule has 0 aliphatic carbocycles. The van der Waals surface area contributed by atoms with Crippen molar-refractivity contribution in [2.24, 2.45) is 5.92 Å². The minimum absolute atomic E-state index is 0.0401. The van der Waals surface area contributed by atoms with Crippen LogP contribution in [-0.4, -0.2) is 68.0 Å². The number of nitrogens with one attached hydrogen (secondary N) is 1. The maximum Gasteiger partial charge on any atom is 0.223 e. The van der Waals surface area contributed by atoms with E-state index in [2.05, 4.69) is 17.1 Å². The SMILES string of the molecule is CC[C@H]1CCCCN1CCCNC(=O)C1CCN(S(=O)(=O)CC)CC1. The van der Waals surface area contributed by atoms with E-state index in [4.69, 9.17) is 0 Å². The third-order valence-electron chi connectivity index (χ3n) is 5.72. The van der Waals surface area contributed by atoms with Gasteiger partial charge < -0.3 is 10.2 Å². The lowest BCUT2D eigenvalue weighted by atomic mass is 9.97. The summed E-state index contributed by atoms with van der Waals surface area (Å²) in [6, 6.07) is 0.717. The van der Waals surface area contributed by atoms with Crippen LogP contribution in [0.3, 0.4) is 0 Å². The number of likely N-dealkylation sites (tertiary alicyclic amines) is 1. The highest BCUT2D eigenvalue weighted by Gasteiger charge is 2.30. The lowest BCUT2D eigenvalue weighted by molar-refractivity contribution is -0.126. The van der Waals surface area contributed by atoms with E-state index in [-0.39, 0.29) is 17.6 Å². The zero-order chi connectivity index (χ0) is 18.3. The molecule has 2 aliphatic heterocycles. The molecule has 0 radical (unpaired) electrons. The number of carbonyl (C=O) groups is 1. The van der Waals surface area contributed by atoms with Crippen LogP contribution in [0.5, 0.6) is 0 Å². The Morgan fingerprint density at radius 3 is 2.44 bits per heavy atom. The summed E-state index contributed by atoms with van der Waals surface area (Å²) in [4.78, 5) is 14.9. The molecule has 7 heteroatoms. The Balaban J connectivity index is 1.64. The highest BCUT2D eigenvalue weighted by molar-refractivity contribution is 7.89. The fourth-order valence-electron chi connectivity index (χ4n) is 4.03. The second-order valence-corrected chi connectivity index (χ2v) is 9.57. The number of hydrogen-bond acceptors (Lipinski definition) is 4. The molecule has 2 heterocycles. The molecule has 2 rings (SSSR count). The van der Waals surface area contributed by atoms with Gasteiger partial charge in [-0.15, -0.1) is 0 Å². The fraction of sp³-hybridized carbons (Fsp3) is 0.944. The van der Waals surface area contributed by atoms with Gasteiger partial charge in [0.25, 0.3) is 0 Å². The molecule has 0 bridgehead atoms. The molecule has 0 aromatic rings. The summed E-state index contributed by atoms with van der Waals surface area (Å²) in [5.74, 6) is 0.194. The Hall–Kier alpha value is -0.660. The van der Waals surface area contributed by atoms with Gasteiger partial charge >= 0.3 is 0 Å². The molecule has 1 amide bonds. The normalized spacial score (nSPS) is 24.3. The maximum atomic E-state index is 12.3. The molecule has 2 saturated heterocycles. The van der Waals surface area contributed by atoms with Crippen LogP contribution >= 0.6 is 0 Å². The Labute approximate surface area is 153 Å². The number of hydrogen-bond donors (Lipinski definition) is 1. The molecule has 25 heavy (non-hydrogen) atoms. The molecular weight excluding hydrogens is 338 g/mol. The van der Waals surface area contributed by atoms with Crippen molar-refractivity contribution in [3.05, 3.63) is 0 Å². The second kappa shape index (κ2) is 9.88. The number of nitrogens with zero attached hydrogens (tertiary/aromatic N) is 2. The summed E-state index contributed by atoms with van der Waals surface area (Å²) < 4.78 is 25.3. The van der Waals surface area contributed by atoms with Crippen molar-refractivity contribution in [3.8, 4) is 0 Å². The van der Waals surface area contributed by atoms with Gasteiger partial charge in [0.1, 0.15) is 0 Å². The van der Waals surface area contributed by atoms with E-state index in [1.165, 1.54) is 36.5 Å². The molecule has 146 valence electrons. The molecular formula is C18H35N3O3S. The monoisotopic (exact) mass is 373 g/mol. The van der Waals surface area contributed by atoms with Crippen molar-refractivity contribution in [3.63, 3.8) is 0 Å². The van der Waals surface area contributed by atoms with Crippen LogP contribution in [0.15, 0.2) is 0 Å². The first kappa shape index (κ1) is 20.6. The first-order valence-electron chi connectivity index (χ1n) is 9.97. The maximum absolute atomic E-state index is 12.3. The van der Waals surface area contributed by atoms with E-state index in [9.17, 15) is 13.2 Å². The smallest absolute Gasteiger partial charge is 0.223 e. The van der Waals surface area contributed by atoms with Crippen LogP contribution in [0, 0.1) is 5.92 Å². The standard InChI is InChI=1S/C18H35N3O3S/c1-3-17-8-5-6-12-20(17)13-7-11-19-18(22)16-9-14-21(15-10-16)25(23,24)4-2/h16-17H,3-15H2,1-2H3,(H,19,22)/t17-/m0/s1. The van der Waals surface area contributed by atoms with Gasteiger partial charge in [-0.25, -0.2) is 12.7 Å². The average molecular weight is 374 g/mol. The summed E-state index contributed by atoms with van der Waals surface area (Å²) in [5.41, 5.74) is 0. The lowest BCUT2D eigenvalue weighted by Crippen LogP contribution is -2.44. The van der Waals surface area contributed by atoms with Gasteiger partial charge in [0, 0.05) is 38.1 Å². The van der Waals surface area contributed by atoms with Crippen molar-refractivity contribution >= 4 is 15.9 Å². The minimum Gasteiger partial charge on any atom is -0.356 e. The van der Waals surface area contributed by atoms with Crippen LogP contribution in [0.1, 0.15) is 58.8 Å². The Kier molecular flexibility index (Phi) is 8.16. The van der Waals surface area contributed by atoms with E-state index >= 15 is 0 Å².